The van der Waals surface area contributed by atoms with Crippen LogP contribution >= 0.6 is 58.8 Å². The molecule has 0 bridgehead atoms. The van der Waals surface area contributed by atoms with Crippen LogP contribution < -0.4 is 0 Å². The third-order valence-corrected chi connectivity index (χ3v) is 8.40. The fourth-order valence-corrected chi connectivity index (χ4v) is 6.52. The molecule has 2 aliphatic rings. The first kappa shape index (κ1) is 14.2. The van der Waals surface area contributed by atoms with Crippen LogP contribution in [-0.2, 0) is 0 Å². The molecule has 2 atom stereocenters. The lowest BCUT2D eigenvalue weighted by Crippen LogP contribution is -1.94. The van der Waals surface area contributed by atoms with Gasteiger partial charge in [-0.25, -0.2) is 0 Å². The third-order valence-electron chi connectivity index (χ3n) is 2.36. The fourth-order valence-electron chi connectivity index (χ4n) is 1.24. The molecule has 0 aromatic heterocycles. The second kappa shape index (κ2) is 8.78. The van der Waals surface area contributed by atoms with E-state index in [1.54, 1.807) is 0 Å². The zero-order valence-electron chi connectivity index (χ0n) is 9.56. The molecule has 0 saturated carbocycles. The molecular formula is C11H20S5. The zero-order chi connectivity index (χ0) is 11.1. The molecule has 0 N–H and O–H groups in total. The van der Waals surface area contributed by atoms with Crippen molar-refractivity contribution in [2.45, 2.75) is 16.9 Å². The van der Waals surface area contributed by atoms with E-state index in [-0.39, 0.29) is 0 Å². The van der Waals surface area contributed by atoms with Gasteiger partial charge in [-0.15, -0.1) is 0 Å². The predicted molar refractivity (Wildman–Crippen MR) is 89.1 cm³/mol. The predicted octanol–water partition coefficient (Wildman–Crippen LogP) is 3.81. The molecule has 0 spiro atoms. The van der Waals surface area contributed by atoms with E-state index in [2.05, 4.69) is 58.8 Å². The van der Waals surface area contributed by atoms with Gasteiger partial charge in [0.05, 0.1) is 0 Å². The van der Waals surface area contributed by atoms with Crippen LogP contribution in [0.1, 0.15) is 6.42 Å². The van der Waals surface area contributed by atoms with Gasteiger partial charge in [0, 0.05) is 45.0 Å². The van der Waals surface area contributed by atoms with Crippen LogP contribution in [0.25, 0.3) is 0 Å². The molecule has 94 valence electrons. The lowest BCUT2D eigenvalue weighted by Gasteiger charge is -2.01. The van der Waals surface area contributed by atoms with E-state index in [0.717, 1.165) is 10.5 Å². The smallest absolute Gasteiger partial charge is 0.0229 e. The molecule has 2 unspecified atom stereocenters. The maximum absolute atomic E-state index is 2.16. The van der Waals surface area contributed by atoms with Crippen molar-refractivity contribution in [2.75, 3.05) is 46.0 Å². The standard InChI is InChI=1S/C11H20S5/c1(3-13-6-10-8-15-10)2-12-4-5-14-7-11-9-16-11/h10-11H,1-9H2. The lowest BCUT2D eigenvalue weighted by atomic mass is 10.6. The topological polar surface area (TPSA) is 0 Å². The van der Waals surface area contributed by atoms with Crippen molar-refractivity contribution in [2.24, 2.45) is 0 Å². The van der Waals surface area contributed by atoms with Gasteiger partial charge in [0.25, 0.3) is 0 Å². The van der Waals surface area contributed by atoms with Crippen LogP contribution in [0, 0.1) is 0 Å². The highest BCUT2D eigenvalue weighted by Gasteiger charge is 2.21. The van der Waals surface area contributed by atoms with E-state index in [1.165, 1.54) is 52.4 Å². The second-order valence-electron chi connectivity index (χ2n) is 4.03. The maximum atomic E-state index is 2.16. The summed E-state index contributed by atoms with van der Waals surface area (Å²) >= 11 is 10.7. The summed E-state index contributed by atoms with van der Waals surface area (Å²) in [6.45, 7) is 0. The third kappa shape index (κ3) is 7.96. The number of hydrogen-bond acceptors (Lipinski definition) is 5. The number of rotatable bonds is 11. The average Bonchev–Trinajstić information content (AvgIpc) is 3.14. The second-order valence-corrected chi connectivity index (χ2v) is 10.2. The molecule has 2 fully saturated rings. The van der Waals surface area contributed by atoms with Gasteiger partial charge < -0.3 is 0 Å². The molecule has 2 saturated heterocycles. The van der Waals surface area contributed by atoms with Gasteiger partial charge in [-0.1, -0.05) is 0 Å². The molecule has 0 aromatic carbocycles. The Morgan fingerprint density at radius 3 is 1.88 bits per heavy atom. The SMILES string of the molecule is C(CSCCSCC1CS1)CSCC1CS1. The van der Waals surface area contributed by atoms with Gasteiger partial charge in [-0.05, 0) is 17.9 Å². The number of hydrogen-bond donors (Lipinski definition) is 0. The van der Waals surface area contributed by atoms with E-state index in [0.29, 0.717) is 0 Å². The van der Waals surface area contributed by atoms with E-state index in [1.807, 2.05) is 0 Å². The summed E-state index contributed by atoms with van der Waals surface area (Å²) in [5.74, 6) is 11.2. The van der Waals surface area contributed by atoms with Crippen LogP contribution in [0.4, 0.5) is 0 Å². The molecule has 2 aliphatic heterocycles. The highest BCUT2D eigenvalue weighted by molar-refractivity contribution is 8.09. The van der Waals surface area contributed by atoms with Crippen molar-refractivity contribution in [3.05, 3.63) is 0 Å². The Hall–Kier alpha value is 1.75. The minimum atomic E-state index is 1.02. The molecule has 0 nitrogen and oxygen atoms in total. The van der Waals surface area contributed by atoms with Crippen LogP contribution in [0.5, 0.6) is 0 Å². The lowest BCUT2D eigenvalue weighted by molar-refractivity contribution is 1.12. The van der Waals surface area contributed by atoms with E-state index >= 15 is 0 Å². The molecule has 0 aliphatic carbocycles. The van der Waals surface area contributed by atoms with Crippen molar-refractivity contribution in [3.8, 4) is 0 Å². The first-order valence-electron chi connectivity index (χ1n) is 5.91. The Morgan fingerprint density at radius 1 is 0.750 bits per heavy atom. The Labute approximate surface area is 121 Å². The van der Waals surface area contributed by atoms with Crippen LogP contribution in [0.15, 0.2) is 0 Å². The Morgan fingerprint density at radius 2 is 1.25 bits per heavy atom. The largest absolute Gasteiger partial charge is 0.161 e. The highest BCUT2D eigenvalue weighted by Crippen LogP contribution is 2.33. The first-order chi connectivity index (χ1) is 7.95. The Kier molecular flexibility index (Phi) is 7.78. The fraction of sp³-hybridized carbons (Fsp3) is 1.00. The molecule has 2 heterocycles. The van der Waals surface area contributed by atoms with Crippen molar-refractivity contribution < 1.29 is 0 Å². The van der Waals surface area contributed by atoms with E-state index in [9.17, 15) is 0 Å². The minimum Gasteiger partial charge on any atom is -0.161 e. The molecule has 0 amide bonds. The molecule has 5 heteroatoms. The van der Waals surface area contributed by atoms with Crippen LogP contribution in [0.3, 0.4) is 0 Å². The van der Waals surface area contributed by atoms with Crippen molar-refractivity contribution >= 4 is 58.8 Å². The zero-order valence-corrected chi connectivity index (χ0v) is 13.6. The summed E-state index contributed by atoms with van der Waals surface area (Å²) in [7, 11) is 0. The summed E-state index contributed by atoms with van der Waals surface area (Å²) in [5, 5.41) is 2.04. The molecule has 2 rings (SSSR count). The minimum absolute atomic E-state index is 1.02. The monoisotopic (exact) mass is 312 g/mol. The number of thioether (sulfide) groups is 5. The van der Waals surface area contributed by atoms with Gasteiger partial charge in [0.1, 0.15) is 0 Å². The van der Waals surface area contributed by atoms with Gasteiger partial charge in [0.15, 0.2) is 0 Å². The quantitative estimate of drug-likeness (QED) is 0.419. The average molecular weight is 313 g/mol. The van der Waals surface area contributed by atoms with Crippen molar-refractivity contribution in [1.82, 2.24) is 0 Å². The van der Waals surface area contributed by atoms with Gasteiger partial charge in [0.2, 0.25) is 0 Å². The van der Waals surface area contributed by atoms with Crippen LogP contribution in [0.2, 0.25) is 0 Å². The summed E-state index contributed by atoms with van der Waals surface area (Å²) in [4.78, 5) is 0. The van der Waals surface area contributed by atoms with Gasteiger partial charge in [-0.3, -0.25) is 0 Å². The molecule has 0 aromatic rings. The van der Waals surface area contributed by atoms with Crippen molar-refractivity contribution in [3.63, 3.8) is 0 Å². The van der Waals surface area contributed by atoms with Crippen molar-refractivity contribution in [1.29, 1.82) is 0 Å². The summed E-state index contributed by atoms with van der Waals surface area (Å²) in [5.41, 5.74) is 0. The summed E-state index contributed by atoms with van der Waals surface area (Å²) < 4.78 is 0. The first-order valence-corrected chi connectivity index (χ1v) is 11.5. The van der Waals surface area contributed by atoms with Crippen LogP contribution in [-0.4, -0.2) is 56.5 Å². The molecule has 16 heavy (non-hydrogen) atoms. The molecular weight excluding hydrogens is 292 g/mol. The van der Waals surface area contributed by atoms with E-state index in [4.69, 9.17) is 0 Å². The maximum Gasteiger partial charge on any atom is 0.0229 e. The van der Waals surface area contributed by atoms with Gasteiger partial charge >= 0.3 is 0 Å². The summed E-state index contributed by atoms with van der Waals surface area (Å²) in [6, 6.07) is 0. The van der Waals surface area contributed by atoms with Gasteiger partial charge in [-0.2, -0.15) is 58.8 Å². The highest BCUT2D eigenvalue weighted by atomic mass is 32.2. The Bertz CT molecular complexity index is 159. The van der Waals surface area contributed by atoms with E-state index < -0.39 is 0 Å². The molecule has 0 radical (unpaired) electrons. The summed E-state index contributed by atoms with van der Waals surface area (Å²) in [6.07, 6.45) is 1.41. The normalized spacial score (nSPS) is 27.0. The Balaban J connectivity index is 1.22.